The zero-order chi connectivity index (χ0) is 23.8. The molecule has 2 amide bonds. The Morgan fingerprint density at radius 1 is 1.09 bits per heavy atom. The number of piperazine rings is 1. The number of carbonyl (C=O) groups excluding carboxylic acids is 3. The van der Waals surface area contributed by atoms with Gasteiger partial charge in [0.1, 0.15) is 12.2 Å². The monoisotopic (exact) mass is 486 g/mol. The first-order valence-corrected chi connectivity index (χ1v) is 12.6. The van der Waals surface area contributed by atoms with Gasteiger partial charge in [-0.15, -0.1) is 0 Å². The summed E-state index contributed by atoms with van der Waals surface area (Å²) in [6, 6.07) is 7.71. The number of amides is 2. The highest BCUT2D eigenvalue weighted by Gasteiger charge is 2.49. The van der Waals surface area contributed by atoms with Gasteiger partial charge in [0.15, 0.2) is 0 Å². The van der Waals surface area contributed by atoms with Crippen molar-refractivity contribution in [3.8, 4) is 0 Å². The number of carbonyl (C=O) groups is 3. The minimum absolute atomic E-state index is 0.0159. The number of halogens is 1. The molecule has 0 bridgehead atoms. The molecule has 9 heteroatoms. The molecule has 1 unspecified atom stereocenters. The summed E-state index contributed by atoms with van der Waals surface area (Å²) in [6.07, 6.45) is 6.07. The van der Waals surface area contributed by atoms with Crippen molar-refractivity contribution in [1.82, 2.24) is 20.2 Å². The van der Waals surface area contributed by atoms with Crippen LogP contribution in [0.4, 0.5) is 0 Å². The number of nitrogens with zero attached hydrogens (tertiary/aromatic N) is 3. The van der Waals surface area contributed by atoms with E-state index in [1.54, 1.807) is 16.7 Å². The third kappa shape index (κ3) is 4.29. The molecular weight excluding hydrogens is 456 g/mol. The molecule has 3 atom stereocenters. The van der Waals surface area contributed by atoms with Crippen LogP contribution < -0.4 is 5.43 Å². The number of fused-ring (bicyclic) bond motifs is 3. The number of nitrogens with one attached hydrogen (secondary N) is 1. The van der Waals surface area contributed by atoms with E-state index in [2.05, 4.69) is 5.43 Å². The van der Waals surface area contributed by atoms with E-state index in [4.69, 9.17) is 16.3 Å². The average Bonchev–Trinajstić information content (AvgIpc) is 3.50. The maximum Gasteiger partial charge on any atom is 0.309 e. The van der Waals surface area contributed by atoms with Crippen molar-refractivity contribution in [2.75, 3.05) is 26.2 Å². The van der Waals surface area contributed by atoms with Gasteiger partial charge in [-0.1, -0.05) is 23.7 Å². The Bertz CT molecular complexity index is 989. The lowest BCUT2D eigenvalue weighted by Crippen LogP contribution is -2.62. The van der Waals surface area contributed by atoms with Crippen molar-refractivity contribution in [1.29, 1.82) is 0 Å². The second kappa shape index (κ2) is 9.58. The van der Waals surface area contributed by atoms with Gasteiger partial charge in [-0.25, -0.2) is 5.43 Å². The second-order valence-electron chi connectivity index (χ2n) is 9.49. The summed E-state index contributed by atoms with van der Waals surface area (Å²) in [5.74, 6) is -0.462. The lowest BCUT2D eigenvalue weighted by atomic mass is 9.97. The normalized spacial score (nSPS) is 26.9. The van der Waals surface area contributed by atoms with Crippen LogP contribution in [0, 0.1) is 5.92 Å². The molecule has 0 radical (unpaired) electrons. The predicted molar refractivity (Wildman–Crippen MR) is 126 cm³/mol. The Morgan fingerprint density at radius 2 is 1.79 bits per heavy atom. The summed E-state index contributed by atoms with van der Waals surface area (Å²) in [5.41, 5.74) is 5.17. The highest BCUT2D eigenvalue weighted by Crippen LogP contribution is 2.39. The molecule has 8 nitrogen and oxygen atoms in total. The van der Waals surface area contributed by atoms with Crippen molar-refractivity contribution < 1.29 is 19.1 Å². The fraction of sp³-hybridized carbons (Fsp3) is 0.560. The Hall–Kier alpha value is -2.58. The zero-order valence-corrected chi connectivity index (χ0v) is 20.2. The van der Waals surface area contributed by atoms with Crippen LogP contribution in [0.15, 0.2) is 36.0 Å². The largest absolute Gasteiger partial charge is 0.466 e. The Kier molecular flexibility index (Phi) is 6.53. The second-order valence-corrected chi connectivity index (χ2v) is 9.92. The van der Waals surface area contributed by atoms with Crippen molar-refractivity contribution >= 4 is 29.4 Å². The van der Waals surface area contributed by atoms with Gasteiger partial charge in [0.25, 0.3) is 5.91 Å². The van der Waals surface area contributed by atoms with Gasteiger partial charge in [-0.3, -0.25) is 19.4 Å². The van der Waals surface area contributed by atoms with Gasteiger partial charge in [0, 0.05) is 18.1 Å². The number of benzene rings is 1. The van der Waals surface area contributed by atoms with Crippen LogP contribution in [0.2, 0.25) is 5.02 Å². The van der Waals surface area contributed by atoms with Crippen LogP contribution in [0.5, 0.6) is 0 Å². The first-order valence-electron chi connectivity index (χ1n) is 12.2. The van der Waals surface area contributed by atoms with E-state index in [-0.39, 0.29) is 48.4 Å². The van der Waals surface area contributed by atoms with Gasteiger partial charge in [0.2, 0.25) is 5.91 Å². The van der Waals surface area contributed by atoms with E-state index in [0.29, 0.717) is 43.3 Å². The number of rotatable bonds is 5. The predicted octanol–water partition coefficient (Wildman–Crippen LogP) is 2.65. The molecule has 3 heterocycles. The topological polar surface area (TPSA) is 82.2 Å². The first-order chi connectivity index (χ1) is 16.5. The minimum atomic E-state index is -0.175. The van der Waals surface area contributed by atoms with Crippen molar-refractivity contribution in [2.24, 2.45) is 5.92 Å². The molecular formula is C25H31ClN4O4. The molecule has 3 fully saturated rings. The summed E-state index contributed by atoms with van der Waals surface area (Å²) in [7, 11) is 0. The van der Waals surface area contributed by atoms with Gasteiger partial charge in [-0.05, 0) is 62.8 Å². The number of piperidine rings is 1. The summed E-state index contributed by atoms with van der Waals surface area (Å²) < 4.78 is 5.13. The van der Waals surface area contributed by atoms with Crippen molar-refractivity contribution in [3.63, 3.8) is 0 Å². The number of esters is 1. The molecule has 1 aromatic rings. The maximum absolute atomic E-state index is 13.5. The molecule has 1 N–H and O–H groups in total. The summed E-state index contributed by atoms with van der Waals surface area (Å²) >= 11 is 6.04. The zero-order valence-electron chi connectivity index (χ0n) is 19.4. The molecule has 4 aliphatic rings. The quantitative estimate of drug-likeness (QED) is 0.644. The molecule has 1 saturated carbocycles. The van der Waals surface area contributed by atoms with Gasteiger partial charge < -0.3 is 14.5 Å². The molecule has 5 rings (SSSR count). The number of hydrazine groups is 1. The van der Waals surface area contributed by atoms with Crippen molar-refractivity contribution in [3.05, 3.63) is 46.6 Å². The number of hydrogen-bond acceptors (Lipinski definition) is 6. The van der Waals surface area contributed by atoms with E-state index < -0.39 is 0 Å². The third-order valence-electron chi connectivity index (χ3n) is 7.52. The lowest BCUT2D eigenvalue weighted by Gasteiger charge is -2.45. The van der Waals surface area contributed by atoms with Crippen LogP contribution in [-0.4, -0.2) is 70.9 Å². The van der Waals surface area contributed by atoms with E-state index in [1.165, 1.54) is 0 Å². The van der Waals surface area contributed by atoms with Crippen LogP contribution in [0.1, 0.15) is 50.6 Å². The molecule has 1 aliphatic carbocycles. The molecule has 34 heavy (non-hydrogen) atoms. The van der Waals surface area contributed by atoms with E-state index in [1.807, 2.05) is 35.4 Å². The molecule has 182 valence electrons. The summed E-state index contributed by atoms with van der Waals surface area (Å²) in [4.78, 5) is 42.3. The SMILES string of the molecule is CCOC(=O)C1CCN(C(=O)CN2C(=O)C3=CC(c4ccc(Cl)cc4)NN3[C@@H]3CCC[C@@H]32)CC1. The first kappa shape index (κ1) is 23.2. The number of hydrogen-bond donors (Lipinski definition) is 1. The Balaban J connectivity index is 1.28. The van der Waals surface area contributed by atoms with Crippen molar-refractivity contribution in [2.45, 2.75) is 57.2 Å². The smallest absolute Gasteiger partial charge is 0.309 e. The van der Waals surface area contributed by atoms with Gasteiger partial charge >= 0.3 is 5.97 Å². The standard InChI is InChI=1S/C25H31ClN4O4/c1-2-34-25(33)17-10-12-28(13-11-17)23(31)15-29-20-4-3-5-21(20)30-22(24(29)32)14-19(27-30)16-6-8-18(26)9-7-16/h6-9,14,17,19-21,27H,2-5,10-13,15H2,1H3/t19?,20-,21+/m0/s1. The fourth-order valence-electron chi connectivity index (χ4n) is 5.73. The van der Waals surface area contributed by atoms with Crippen LogP contribution >= 0.6 is 11.6 Å². The third-order valence-corrected chi connectivity index (χ3v) is 7.77. The van der Waals surface area contributed by atoms with Crippen LogP contribution in [0.25, 0.3) is 0 Å². The van der Waals surface area contributed by atoms with Gasteiger partial charge in [-0.2, -0.15) is 0 Å². The Morgan fingerprint density at radius 3 is 2.50 bits per heavy atom. The number of ether oxygens (including phenoxy) is 1. The summed E-state index contributed by atoms with van der Waals surface area (Å²) in [5, 5.41) is 2.71. The van der Waals surface area contributed by atoms with Crippen LogP contribution in [-0.2, 0) is 19.1 Å². The molecule has 3 aliphatic heterocycles. The number of likely N-dealkylation sites (tertiary alicyclic amines) is 1. The molecule has 0 spiro atoms. The molecule has 2 saturated heterocycles. The van der Waals surface area contributed by atoms with E-state index >= 15 is 0 Å². The molecule has 1 aromatic carbocycles. The average molecular weight is 487 g/mol. The van der Waals surface area contributed by atoms with E-state index in [9.17, 15) is 14.4 Å². The fourth-order valence-corrected chi connectivity index (χ4v) is 5.85. The highest BCUT2D eigenvalue weighted by atomic mass is 35.5. The molecule has 0 aromatic heterocycles. The maximum atomic E-state index is 13.5. The lowest BCUT2D eigenvalue weighted by molar-refractivity contribution is -0.152. The highest BCUT2D eigenvalue weighted by molar-refractivity contribution is 6.30. The van der Waals surface area contributed by atoms with E-state index in [0.717, 1.165) is 24.8 Å². The van der Waals surface area contributed by atoms with Crippen LogP contribution in [0.3, 0.4) is 0 Å². The van der Waals surface area contributed by atoms with Gasteiger partial charge in [0.05, 0.1) is 30.7 Å². The minimum Gasteiger partial charge on any atom is -0.466 e. The Labute approximate surface area is 204 Å². The summed E-state index contributed by atoms with van der Waals surface area (Å²) in [6.45, 7) is 3.30.